The standard InChI is InChI=1S/C27H36O9/c1-26-9-8-14(29)10-18(26)20(35-23(33)5-3-2-4-22(31)32)11-15-16-6-7-17(19(30)13-28)27(16)12-21(24(15)26)36-25(27)34/h10,15-17,20-21,24-25,28,34H,2-9,11-13H2,1H3,(H,31,32)/t15-,16-,17+,20?,21-,24+,25?,26-,27?/m0/s1. The van der Waals surface area contributed by atoms with Crippen LogP contribution in [-0.2, 0) is 28.7 Å². The van der Waals surface area contributed by atoms with Crippen molar-refractivity contribution in [1.82, 2.24) is 0 Å². The number of carboxylic acid groups (broad SMARTS) is 1. The third-order valence-electron chi connectivity index (χ3n) is 10.1. The van der Waals surface area contributed by atoms with Crippen LogP contribution in [0, 0.1) is 34.5 Å². The highest BCUT2D eigenvalue weighted by Crippen LogP contribution is 2.71. The molecule has 4 fully saturated rings. The van der Waals surface area contributed by atoms with Gasteiger partial charge >= 0.3 is 11.9 Å². The lowest BCUT2D eigenvalue weighted by atomic mass is 9.45. The number of aliphatic hydroxyl groups is 2. The lowest BCUT2D eigenvalue weighted by Gasteiger charge is -2.58. The molecule has 9 atom stereocenters. The maximum Gasteiger partial charge on any atom is 0.306 e. The molecule has 5 aliphatic rings. The molecule has 3 N–H and O–H groups in total. The maximum absolute atomic E-state index is 12.8. The normalized spacial score (nSPS) is 42.7. The van der Waals surface area contributed by atoms with Crippen LogP contribution in [0.25, 0.3) is 0 Å². The zero-order chi connectivity index (χ0) is 25.8. The number of Topliss-reactive ketones (excluding diaryl/α,β-unsaturated/α-hetero) is 1. The van der Waals surface area contributed by atoms with E-state index in [0.29, 0.717) is 44.9 Å². The summed E-state index contributed by atoms with van der Waals surface area (Å²) in [7, 11) is 0. The van der Waals surface area contributed by atoms with Gasteiger partial charge in [0.05, 0.1) is 6.10 Å². The molecule has 2 bridgehead atoms. The lowest BCUT2D eigenvalue weighted by molar-refractivity contribution is -0.160. The summed E-state index contributed by atoms with van der Waals surface area (Å²) >= 11 is 0. The molecule has 1 saturated heterocycles. The van der Waals surface area contributed by atoms with Crippen LogP contribution < -0.4 is 0 Å². The molecule has 198 valence electrons. The van der Waals surface area contributed by atoms with Crippen LogP contribution in [-0.4, -0.2) is 63.9 Å². The minimum absolute atomic E-state index is 0.000602. The molecule has 0 radical (unpaired) electrons. The molecular formula is C27H36O9. The van der Waals surface area contributed by atoms with E-state index in [-0.39, 0.29) is 48.3 Å². The molecule has 3 unspecified atom stereocenters. The van der Waals surface area contributed by atoms with Gasteiger partial charge < -0.3 is 24.8 Å². The van der Waals surface area contributed by atoms with Crippen molar-refractivity contribution >= 4 is 23.5 Å². The number of carbonyl (C=O) groups is 4. The van der Waals surface area contributed by atoms with Gasteiger partial charge in [-0.05, 0) is 79.8 Å². The smallest absolute Gasteiger partial charge is 0.306 e. The first kappa shape index (κ1) is 25.5. The lowest BCUT2D eigenvalue weighted by Crippen LogP contribution is -2.58. The number of carbonyl (C=O) groups excluding carboxylic acids is 3. The van der Waals surface area contributed by atoms with E-state index in [1.807, 2.05) is 0 Å². The highest BCUT2D eigenvalue weighted by molar-refractivity contribution is 5.92. The van der Waals surface area contributed by atoms with Gasteiger partial charge in [0.2, 0.25) is 0 Å². The van der Waals surface area contributed by atoms with Crippen molar-refractivity contribution in [2.75, 3.05) is 6.61 Å². The van der Waals surface area contributed by atoms with Crippen LogP contribution in [0.4, 0.5) is 0 Å². The molecule has 0 aromatic heterocycles. The van der Waals surface area contributed by atoms with Gasteiger partial charge in [-0.3, -0.25) is 19.2 Å². The van der Waals surface area contributed by atoms with E-state index in [1.54, 1.807) is 6.08 Å². The summed E-state index contributed by atoms with van der Waals surface area (Å²) in [5.41, 5.74) is -0.359. The van der Waals surface area contributed by atoms with E-state index < -0.39 is 47.7 Å². The van der Waals surface area contributed by atoms with Crippen LogP contribution >= 0.6 is 0 Å². The van der Waals surface area contributed by atoms with Gasteiger partial charge in [0.1, 0.15) is 12.7 Å². The van der Waals surface area contributed by atoms with Crippen molar-refractivity contribution < 1.29 is 44.0 Å². The Hall–Kier alpha value is -2.10. The number of rotatable bonds is 8. The topological polar surface area (TPSA) is 147 Å². The molecule has 1 spiro atoms. The highest BCUT2D eigenvalue weighted by atomic mass is 16.6. The molecule has 1 aliphatic heterocycles. The Labute approximate surface area is 210 Å². The van der Waals surface area contributed by atoms with Gasteiger partial charge in [-0.15, -0.1) is 0 Å². The Kier molecular flexibility index (Phi) is 6.62. The number of carboxylic acids is 1. The average molecular weight is 505 g/mol. The van der Waals surface area contributed by atoms with Crippen molar-refractivity contribution in [2.45, 2.75) is 89.6 Å². The Morgan fingerprint density at radius 2 is 1.94 bits per heavy atom. The Balaban J connectivity index is 1.44. The third kappa shape index (κ3) is 3.85. The van der Waals surface area contributed by atoms with Crippen molar-refractivity contribution in [3.8, 4) is 0 Å². The number of ether oxygens (including phenoxy) is 2. The molecule has 9 heteroatoms. The number of esters is 1. The summed E-state index contributed by atoms with van der Waals surface area (Å²) in [4.78, 5) is 48.7. The molecule has 9 nitrogen and oxygen atoms in total. The predicted molar refractivity (Wildman–Crippen MR) is 124 cm³/mol. The number of hydrogen-bond acceptors (Lipinski definition) is 8. The van der Waals surface area contributed by atoms with E-state index in [9.17, 15) is 29.4 Å². The van der Waals surface area contributed by atoms with Gasteiger partial charge in [0.25, 0.3) is 0 Å². The first-order chi connectivity index (χ1) is 17.1. The van der Waals surface area contributed by atoms with Gasteiger partial charge in [-0.1, -0.05) is 6.92 Å². The second-order valence-corrected chi connectivity index (χ2v) is 11.7. The first-order valence-corrected chi connectivity index (χ1v) is 13.2. The number of hydrogen-bond donors (Lipinski definition) is 3. The van der Waals surface area contributed by atoms with Crippen molar-refractivity contribution in [3.05, 3.63) is 11.6 Å². The quantitative estimate of drug-likeness (QED) is 0.334. The minimum Gasteiger partial charge on any atom is -0.481 e. The number of unbranched alkanes of at least 4 members (excludes halogenated alkanes) is 1. The number of ketones is 2. The molecule has 1 heterocycles. The predicted octanol–water partition coefficient (Wildman–Crippen LogP) is 2.17. The number of aliphatic hydroxyl groups excluding tert-OH is 2. The van der Waals surface area contributed by atoms with E-state index in [0.717, 1.165) is 12.0 Å². The van der Waals surface area contributed by atoms with Crippen molar-refractivity contribution in [2.24, 2.45) is 34.5 Å². The summed E-state index contributed by atoms with van der Waals surface area (Å²) in [5, 5.41) is 29.6. The van der Waals surface area contributed by atoms with Crippen LogP contribution in [0.2, 0.25) is 0 Å². The Morgan fingerprint density at radius 1 is 1.19 bits per heavy atom. The molecule has 4 aliphatic carbocycles. The van der Waals surface area contributed by atoms with Crippen LogP contribution in [0.15, 0.2) is 11.6 Å². The van der Waals surface area contributed by atoms with Gasteiger partial charge in [0.15, 0.2) is 17.9 Å². The van der Waals surface area contributed by atoms with Gasteiger partial charge in [-0.2, -0.15) is 0 Å². The first-order valence-electron chi connectivity index (χ1n) is 13.2. The maximum atomic E-state index is 12.8. The fraction of sp³-hybridized carbons (Fsp3) is 0.778. The van der Waals surface area contributed by atoms with Crippen LogP contribution in [0.1, 0.15) is 71.1 Å². The molecule has 0 amide bonds. The summed E-state index contributed by atoms with van der Waals surface area (Å²) in [5.74, 6) is -1.95. The summed E-state index contributed by atoms with van der Waals surface area (Å²) in [6, 6.07) is 0. The zero-order valence-electron chi connectivity index (χ0n) is 20.7. The molecule has 0 aromatic rings. The van der Waals surface area contributed by atoms with Crippen molar-refractivity contribution in [1.29, 1.82) is 0 Å². The second kappa shape index (κ2) is 9.33. The fourth-order valence-electron chi connectivity index (χ4n) is 8.70. The Bertz CT molecular complexity index is 988. The number of aliphatic carboxylic acids is 1. The monoisotopic (exact) mass is 504 g/mol. The van der Waals surface area contributed by atoms with E-state index in [1.165, 1.54) is 0 Å². The van der Waals surface area contributed by atoms with Crippen LogP contribution in [0.5, 0.6) is 0 Å². The molecule has 36 heavy (non-hydrogen) atoms. The van der Waals surface area contributed by atoms with Gasteiger partial charge in [-0.25, -0.2) is 0 Å². The highest BCUT2D eigenvalue weighted by Gasteiger charge is 2.72. The molecular weight excluding hydrogens is 468 g/mol. The fourth-order valence-corrected chi connectivity index (χ4v) is 8.70. The third-order valence-corrected chi connectivity index (χ3v) is 10.1. The summed E-state index contributed by atoms with van der Waals surface area (Å²) in [6.07, 6.45) is 4.00. The summed E-state index contributed by atoms with van der Waals surface area (Å²) in [6.45, 7) is 1.56. The van der Waals surface area contributed by atoms with E-state index in [4.69, 9.17) is 14.6 Å². The average Bonchev–Trinajstić information content (AvgIpc) is 3.35. The Morgan fingerprint density at radius 3 is 2.67 bits per heavy atom. The van der Waals surface area contributed by atoms with E-state index >= 15 is 0 Å². The van der Waals surface area contributed by atoms with Crippen LogP contribution in [0.3, 0.4) is 0 Å². The van der Waals surface area contributed by atoms with Gasteiger partial charge in [0, 0.05) is 30.6 Å². The summed E-state index contributed by atoms with van der Waals surface area (Å²) < 4.78 is 12.2. The second-order valence-electron chi connectivity index (χ2n) is 11.7. The largest absolute Gasteiger partial charge is 0.481 e. The number of fused-ring (bicyclic) bond motifs is 6. The molecule has 3 saturated carbocycles. The molecule has 5 rings (SSSR count). The van der Waals surface area contributed by atoms with E-state index in [2.05, 4.69) is 6.92 Å². The van der Waals surface area contributed by atoms with Crippen molar-refractivity contribution in [3.63, 3.8) is 0 Å². The molecule has 0 aromatic carbocycles. The zero-order valence-corrected chi connectivity index (χ0v) is 20.7. The minimum atomic E-state index is -1.09. The SMILES string of the molecule is C[C@]12CCC(=O)C=C1C(OC(=O)CCCCC(=O)O)C[C@@H]1[C@@H]2[C@@H]2CC3(C(O)O2)[C@@H](C(=O)CO)CC[C@@H]13.